The van der Waals surface area contributed by atoms with Gasteiger partial charge in [0.05, 0.1) is 7.11 Å². The maximum Gasteiger partial charge on any atom is 0.214 e. The molecule has 0 saturated carbocycles. The number of carbonyl (C=O) groups excluding carboxylic acids is 1. The van der Waals surface area contributed by atoms with Gasteiger partial charge in [-0.05, 0) is 54.9 Å². The van der Waals surface area contributed by atoms with Crippen LogP contribution in [0.5, 0.6) is 5.75 Å². The third-order valence-corrected chi connectivity index (χ3v) is 6.15. The van der Waals surface area contributed by atoms with Gasteiger partial charge in [-0.15, -0.1) is 0 Å². The molecule has 0 bridgehead atoms. The third-order valence-electron chi connectivity index (χ3n) is 3.31. The molecule has 0 aliphatic carbocycles. The minimum atomic E-state index is 0.186. The molecule has 2 nitrogen and oxygen atoms in total. The smallest absolute Gasteiger partial charge is 0.214 e. The predicted octanol–water partition coefficient (Wildman–Crippen LogP) is 2.68. The van der Waals surface area contributed by atoms with Gasteiger partial charge < -0.3 is 4.74 Å². The van der Waals surface area contributed by atoms with Crippen molar-refractivity contribution >= 4 is 16.7 Å². The van der Waals surface area contributed by atoms with Gasteiger partial charge in [-0.25, -0.2) is 0 Å². The Morgan fingerprint density at radius 2 is 1.82 bits per heavy atom. The van der Waals surface area contributed by atoms with E-state index in [1.807, 2.05) is 24.3 Å². The second kappa shape index (κ2) is 5.58. The second-order valence-corrected chi connectivity index (χ2v) is 6.99. The summed E-state index contributed by atoms with van der Waals surface area (Å²) in [5.41, 5.74) is 0.817. The van der Waals surface area contributed by atoms with Crippen molar-refractivity contribution in [3.05, 3.63) is 29.8 Å². The number of benzene rings is 1. The van der Waals surface area contributed by atoms with Crippen LogP contribution in [0.1, 0.15) is 30.1 Å². The first-order chi connectivity index (χ1) is 8.22. The summed E-state index contributed by atoms with van der Waals surface area (Å²) in [6, 6.07) is 7.46. The molecule has 1 aromatic carbocycles. The van der Waals surface area contributed by atoms with Crippen molar-refractivity contribution in [2.24, 2.45) is 0 Å². The molecule has 1 aliphatic heterocycles. The Kier molecular flexibility index (Phi) is 4.11. The SMILES string of the molecule is COc1ccc(C(=O)C(C)[S+]2CCCC2)cc1. The van der Waals surface area contributed by atoms with Gasteiger partial charge in [0.25, 0.3) is 0 Å². The van der Waals surface area contributed by atoms with E-state index in [1.54, 1.807) is 7.11 Å². The zero-order valence-electron chi connectivity index (χ0n) is 10.4. The van der Waals surface area contributed by atoms with Crippen LogP contribution in [0, 0.1) is 0 Å². The molecule has 17 heavy (non-hydrogen) atoms. The zero-order valence-corrected chi connectivity index (χ0v) is 11.3. The van der Waals surface area contributed by atoms with Crippen LogP contribution in [0.4, 0.5) is 0 Å². The molecule has 0 N–H and O–H groups in total. The van der Waals surface area contributed by atoms with Crippen molar-refractivity contribution in [3.8, 4) is 5.75 Å². The van der Waals surface area contributed by atoms with Crippen LogP contribution < -0.4 is 4.74 Å². The minimum absolute atomic E-state index is 0.186. The fourth-order valence-corrected chi connectivity index (χ4v) is 4.67. The molecule has 2 rings (SSSR count). The van der Waals surface area contributed by atoms with Crippen LogP contribution in [0.25, 0.3) is 0 Å². The van der Waals surface area contributed by atoms with E-state index in [2.05, 4.69) is 6.92 Å². The van der Waals surface area contributed by atoms with Crippen LogP contribution in [0.3, 0.4) is 0 Å². The number of hydrogen-bond donors (Lipinski definition) is 0. The zero-order chi connectivity index (χ0) is 12.3. The van der Waals surface area contributed by atoms with Crippen LogP contribution in [0.2, 0.25) is 0 Å². The van der Waals surface area contributed by atoms with E-state index < -0.39 is 0 Å². The molecule has 0 spiro atoms. The number of Topliss-reactive ketones (excluding diaryl/α,β-unsaturated/α-hetero) is 1. The standard InChI is InChI=1S/C14H19O2S/c1-11(17-9-3-4-10-17)14(15)12-5-7-13(16-2)8-6-12/h5-8,11H,3-4,9-10H2,1-2H3/q+1. The Morgan fingerprint density at radius 1 is 1.24 bits per heavy atom. The van der Waals surface area contributed by atoms with E-state index in [0.717, 1.165) is 11.3 Å². The highest BCUT2D eigenvalue weighted by Gasteiger charge is 2.35. The Labute approximate surface area is 106 Å². The van der Waals surface area contributed by atoms with E-state index >= 15 is 0 Å². The first-order valence-corrected chi connectivity index (χ1v) is 7.69. The lowest BCUT2D eigenvalue weighted by Crippen LogP contribution is -2.28. The topological polar surface area (TPSA) is 26.3 Å². The van der Waals surface area contributed by atoms with Gasteiger partial charge in [0.15, 0.2) is 5.25 Å². The summed E-state index contributed by atoms with van der Waals surface area (Å²) in [6.07, 6.45) is 2.59. The highest BCUT2D eigenvalue weighted by atomic mass is 32.2. The summed E-state index contributed by atoms with van der Waals surface area (Å²) in [7, 11) is 1.95. The number of ether oxygens (including phenoxy) is 1. The fourth-order valence-electron chi connectivity index (χ4n) is 2.17. The Balaban J connectivity index is 2.07. The summed E-state index contributed by atoms with van der Waals surface area (Å²) in [5.74, 6) is 3.57. The van der Waals surface area contributed by atoms with Gasteiger partial charge in [-0.3, -0.25) is 4.79 Å². The van der Waals surface area contributed by atoms with Gasteiger partial charge in [0.2, 0.25) is 5.78 Å². The molecule has 1 unspecified atom stereocenters. The molecule has 92 valence electrons. The second-order valence-electron chi connectivity index (χ2n) is 4.39. The third kappa shape index (κ3) is 2.83. The molecule has 0 aromatic heterocycles. The van der Waals surface area contributed by atoms with E-state index in [1.165, 1.54) is 24.3 Å². The van der Waals surface area contributed by atoms with Crippen molar-refractivity contribution in [2.45, 2.75) is 25.0 Å². The van der Waals surface area contributed by atoms with Crippen molar-refractivity contribution < 1.29 is 9.53 Å². The number of methoxy groups -OCH3 is 1. The number of carbonyl (C=O) groups is 1. The summed E-state index contributed by atoms with van der Waals surface area (Å²) >= 11 is 0. The molecule has 1 aromatic rings. The maximum absolute atomic E-state index is 12.3. The molecule has 3 heteroatoms. The highest BCUT2D eigenvalue weighted by molar-refractivity contribution is 7.98. The lowest BCUT2D eigenvalue weighted by Gasteiger charge is -2.10. The maximum atomic E-state index is 12.3. The number of hydrogen-bond acceptors (Lipinski definition) is 2. The monoisotopic (exact) mass is 251 g/mol. The summed E-state index contributed by atoms with van der Waals surface area (Å²) in [6.45, 7) is 2.08. The number of ketones is 1. The van der Waals surface area contributed by atoms with Crippen molar-refractivity contribution in [2.75, 3.05) is 18.6 Å². The molecule has 0 amide bonds. The molecule has 1 atom stereocenters. The first-order valence-electron chi connectivity index (χ1n) is 6.07. The van der Waals surface area contributed by atoms with Gasteiger partial charge in [-0.2, -0.15) is 0 Å². The molecule has 0 radical (unpaired) electrons. The molecular formula is C14H19O2S+. The minimum Gasteiger partial charge on any atom is -0.497 e. The van der Waals surface area contributed by atoms with Gasteiger partial charge >= 0.3 is 0 Å². The van der Waals surface area contributed by atoms with Crippen molar-refractivity contribution in [1.82, 2.24) is 0 Å². The Hall–Kier alpha value is -0.960. The van der Waals surface area contributed by atoms with Gasteiger partial charge in [0.1, 0.15) is 17.3 Å². The Bertz CT molecular complexity index is 380. The molecule has 1 fully saturated rings. The van der Waals surface area contributed by atoms with Crippen LogP contribution >= 0.6 is 0 Å². The number of rotatable bonds is 4. The molecule has 1 aliphatic rings. The highest BCUT2D eigenvalue weighted by Crippen LogP contribution is 2.22. The molecule has 1 heterocycles. The summed E-state index contributed by atoms with van der Waals surface area (Å²) in [5, 5.41) is 0.186. The summed E-state index contributed by atoms with van der Waals surface area (Å²) in [4.78, 5) is 12.3. The van der Waals surface area contributed by atoms with Gasteiger partial charge in [0, 0.05) is 5.56 Å². The lowest BCUT2D eigenvalue weighted by atomic mass is 10.1. The Morgan fingerprint density at radius 3 is 2.35 bits per heavy atom. The van der Waals surface area contributed by atoms with Crippen molar-refractivity contribution in [3.63, 3.8) is 0 Å². The van der Waals surface area contributed by atoms with Gasteiger partial charge in [-0.1, -0.05) is 0 Å². The average molecular weight is 251 g/mol. The van der Waals surface area contributed by atoms with E-state index in [0.29, 0.717) is 10.9 Å². The largest absolute Gasteiger partial charge is 0.497 e. The molecular weight excluding hydrogens is 232 g/mol. The molecule has 1 saturated heterocycles. The van der Waals surface area contributed by atoms with Crippen molar-refractivity contribution in [1.29, 1.82) is 0 Å². The normalized spacial score (nSPS) is 18.0. The predicted molar refractivity (Wildman–Crippen MR) is 73.1 cm³/mol. The van der Waals surface area contributed by atoms with E-state index in [4.69, 9.17) is 4.74 Å². The van der Waals surface area contributed by atoms with Crippen LogP contribution in [0.15, 0.2) is 24.3 Å². The van der Waals surface area contributed by atoms with Crippen LogP contribution in [-0.4, -0.2) is 29.6 Å². The summed E-state index contributed by atoms with van der Waals surface area (Å²) < 4.78 is 5.10. The lowest BCUT2D eigenvalue weighted by molar-refractivity contribution is 0.0993. The van der Waals surface area contributed by atoms with Crippen LogP contribution in [-0.2, 0) is 10.9 Å². The first kappa shape index (κ1) is 12.5. The quantitative estimate of drug-likeness (QED) is 0.607. The van der Waals surface area contributed by atoms with E-state index in [-0.39, 0.29) is 11.0 Å². The average Bonchev–Trinajstić information content (AvgIpc) is 2.91. The van der Waals surface area contributed by atoms with E-state index in [9.17, 15) is 4.79 Å². The fraction of sp³-hybridized carbons (Fsp3) is 0.500.